The molecule has 1 atom stereocenters. The van der Waals surface area contributed by atoms with Crippen molar-refractivity contribution in [2.75, 3.05) is 0 Å². The van der Waals surface area contributed by atoms with E-state index in [1.165, 1.54) is 0 Å². The molecule has 2 aromatic rings. The molecular formula is C10H12N2O2. The molecule has 4 heteroatoms. The highest BCUT2D eigenvalue weighted by molar-refractivity contribution is 5.43. The van der Waals surface area contributed by atoms with E-state index in [0.29, 0.717) is 18.1 Å². The summed E-state index contributed by atoms with van der Waals surface area (Å²) in [5, 5.41) is 0. The minimum atomic E-state index is 0.0875. The van der Waals surface area contributed by atoms with Crippen LogP contribution in [0.2, 0.25) is 0 Å². The topological polar surface area (TPSA) is 65.2 Å². The number of aromatic nitrogens is 1. The van der Waals surface area contributed by atoms with Crippen LogP contribution in [0.5, 0.6) is 0 Å². The van der Waals surface area contributed by atoms with Crippen molar-refractivity contribution in [1.82, 2.24) is 4.98 Å². The summed E-state index contributed by atoms with van der Waals surface area (Å²) >= 11 is 0. The average molecular weight is 192 g/mol. The van der Waals surface area contributed by atoms with E-state index in [9.17, 15) is 0 Å². The van der Waals surface area contributed by atoms with Crippen molar-refractivity contribution in [2.24, 2.45) is 5.73 Å². The lowest BCUT2D eigenvalue weighted by Crippen LogP contribution is -2.17. The van der Waals surface area contributed by atoms with E-state index >= 15 is 0 Å². The molecule has 4 nitrogen and oxygen atoms in total. The maximum Gasteiger partial charge on any atom is 0.262 e. The molecule has 0 aliphatic rings. The second-order valence-corrected chi connectivity index (χ2v) is 3.30. The maximum absolute atomic E-state index is 5.65. The van der Waals surface area contributed by atoms with Gasteiger partial charge in [0, 0.05) is 12.5 Å². The molecule has 2 N–H and O–H groups in total. The van der Waals surface area contributed by atoms with Crippen LogP contribution in [0.4, 0.5) is 0 Å². The highest BCUT2D eigenvalue weighted by atomic mass is 16.4. The maximum atomic E-state index is 5.65. The number of furan rings is 1. The summed E-state index contributed by atoms with van der Waals surface area (Å²) in [4.78, 5) is 4.25. The molecule has 0 aliphatic carbocycles. The molecule has 0 spiro atoms. The van der Waals surface area contributed by atoms with Crippen molar-refractivity contribution in [2.45, 2.75) is 19.4 Å². The van der Waals surface area contributed by atoms with Gasteiger partial charge in [-0.25, -0.2) is 4.98 Å². The highest BCUT2D eigenvalue weighted by Gasteiger charge is 2.09. The Hall–Kier alpha value is -1.55. The SMILES string of the molecule is CC(N)Cc1coc(-c2ccco2)n1. The first-order valence-corrected chi connectivity index (χ1v) is 4.49. The Balaban J connectivity index is 2.18. The molecule has 0 fully saturated rings. The predicted molar refractivity (Wildman–Crippen MR) is 51.6 cm³/mol. The second-order valence-electron chi connectivity index (χ2n) is 3.30. The zero-order valence-corrected chi connectivity index (χ0v) is 7.93. The van der Waals surface area contributed by atoms with Gasteiger partial charge in [0.25, 0.3) is 5.89 Å². The summed E-state index contributed by atoms with van der Waals surface area (Å²) in [6, 6.07) is 3.69. The van der Waals surface area contributed by atoms with Crippen LogP contribution in [0, 0.1) is 0 Å². The van der Waals surface area contributed by atoms with E-state index < -0.39 is 0 Å². The van der Waals surface area contributed by atoms with E-state index in [0.717, 1.165) is 5.69 Å². The van der Waals surface area contributed by atoms with Gasteiger partial charge in [-0.2, -0.15) is 0 Å². The summed E-state index contributed by atoms with van der Waals surface area (Å²) < 4.78 is 10.4. The third kappa shape index (κ3) is 1.85. The molecule has 74 valence electrons. The molecule has 2 rings (SSSR count). The quantitative estimate of drug-likeness (QED) is 0.805. The normalized spacial score (nSPS) is 13.0. The monoisotopic (exact) mass is 192 g/mol. The highest BCUT2D eigenvalue weighted by Crippen LogP contribution is 2.18. The van der Waals surface area contributed by atoms with Gasteiger partial charge >= 0.3 is 0 Å². The van der Waals surface area contributed by atoms with Crippen LogP contribution in [0.1, 0.15) is 12.6 Å². The van der Waals surface area contributed by atoms with Gasteiger partial charge in [-0.1, -0.05) is 0 Å². The zero-order valence-electron chi connectivity index (χ0n) is 7.93. The lowest BCUT2D eigenvalue weighted by Gasteiger charge is -1.97. The Labute approximate surface area is 81.7 Å². The largest absolute Gasteiger partial charge is 0.459 e. The van der Waals surface area contributed by atoms with Crippen molar-refractivity contribution >= 4 is 0 Å². The summed E-state index contributed by atoms with van der Waals surface area (Å²) in [5.41, 5.74) is 6.50. The van der Waals surface area contributed by atoms with Crippen LogP contribution in [-0.2, 0) is 6.42 Å². The zero-order chi connectivity index (χ0) is 9.97. The molecule has 0 saturated carbocycles. The molecule has 0 saturated heterocycles. The van der Waals surface area contributed by atoms with Crippen LogP contribution in [0.25, 0.3) is 11.7 Å². The van der Waals surface area contributed by atoms with E-state index in [4.69, 9.17) is 14.6 Å². The van der Waals surface area contributed by atoms with E-state index in [1.54, 1.807) is 18.6 Å². The fourth-order valence-electron chi connectivity index (χ4n) is 1.24. The first kappa shape index (κ1) is 9.02. The van der Waals surface area contributed by atoms with E-state index in [-0.39, 0.29) is 6.04 Å². The number of nitrogens with two attached hydrogens (primary N) is 1. The van der Waals surface area contributed by atoms with Crippen molar-refractivity contribution in [1.29, 1.82) is 0 Å². The lowest BCUT2D eigenvalue weighted by atomic mass is 10.2. The lowest BCUT2D eigenvalue weighted by molar-refractivity contribution is 0.516. The smallest absolute Gasteiger partial charge is 0.262 e. The number of nitrogens with zero attached hydrogens (tertiary/aromatic N) is 1. The minimum Gasteiger partial charge on any atom is -0.459 e. The summed E-state index contributed by atoms with van der Waals surface area (Å²) in [7, 11) is 0. The molecule has 2 aromatic heterocycles. The fourth-order valence-corrected chi connectivity index (χ4v) is 1.24. The summed E-state index contributed by atoms with van der Waals surface area (Å²) in [6.45, 7) is 1.93. The molecule has 14 heavy (non-hydrogen) atoms. The van der Waals surface area contributed by atoms with Crippen molar-refractivity contribution in [3.8, 4) is 11.7 Å². The number of hydrogen-bond donors (Lipinski definition) is 1. The minimum absolute atomic E-state index is 0.0875. The van der Waals surface area contributed by atoms with Crippen LogP contribution in [0.15, 0.2) is 33.5 Å². The molecule has 0 aliphatic heterocycles. The third-order valence-corrected chi connectivity index (χ3v) is 1.81. The Morgan fingerprint density at radius 1 is 1.50 bits per heavy atom. The Morgan fingerprint density at radius 2 is 2.36 bits per heavy atom. The third-order valence-electron chi connectivity index (χ3n) is 1.81. The van der Waals surface area contributed by atoms with Crippen LogP contribution >= 0.6 is 0 Å². The Morgan fingerprint density at radius 3 is 3.00 bits per heavy atom. The molecular weight excluding hydrogens is 180 g/mol. The number of hydrogen-bond acceptors (Lipinski definition) is 4. The molecule has 2 heterocycles. The van der Waals surface area contributed by atoms with Crippen LogP contribution < -0.4 is 5.73 Å². The second kappa shape index (κ2) is 3.67. The van der Waals surface area contributed by atoms with Gasteiger partial charge in [0.1, 0.15) is 6.26 Å². The van der Waals surface area contributed by atoms with Gasteiger partial charge in [-0.15, -0.1) is 0 Å². The molecule has 0 radical (unpaired) electrons. The van der Waals surface area contributed by atoms with Gasteiger partial charge in [-0.05, 0) is 19.1 Å². The van der Waals surface area contributed by atoms with Crippen molar-refractivity contribution < 1.29 is 8.83 Å². The average Bonchev–Trinajstić information content (AvgIpc) is 2.69. The van der Waals surface area contributed by atoms with Gasteiger partial charge in [0.15, 0.2) is 5.76 Å². The van der Waals surface area contributed by atoms with Gasteiger partial charge in [-0.3, -0.25) is 0 Å². The van der Waals surface area contributed by atoms with Crippen LogP contribution in [0.3, 0.4) is 0 Å². The van der Waals surface area contributed by atoms with E-state index in [2.05, 4.69) is 4.98 Å². The Kier molecular flexibility index (Phi) is 2.37. The Bertz CT molecular complexity index is 390. The van der Waals surface area contributed by atoms with Gasteiger partial charge in [0.2, 0.25) is 0 Å². The number of rotatable bonds is 3. The number of oxazole rings is 1. The standard InChI is InChI=1S/C10H12N2O2/c1-7(11)5-8-6-14-10(12-8)9-3-2-4-13-9/h2-4,6-7H,5,11H2,1H3. The fraction of sp³-hybridized carbons (Fsp3) is 0.300. The molecule has 0 aromatic carbocycles. The first-order chi connectivity index (χ1) is 6.75. The van der Waals surface area contributed by atoms with E-state index in [1.807, 2.05) is 13.0 Å². The van der Waals surface area contributed by atoms with Gasteiger partial charge in [0.05, 0.1) is 12.0 Å². The predicted octanol–water partition coefficient (Wildman–Crippen LogP) is 1.82. The summed E-state index contributed by atoms with van der Waals surface area (Å²) in [5.74, 6) is 1.14. The van der Waals surface area contributed by atoms with Crippen LogP contribution in [-0.4, -0.2) is 11.0 Å². The van der Waals surface area contributed by atoms with Crippen molar-refractivity contribution in [3.05, 3.63) is 30.4 Å². The molecule has 0 amide bonds. The van der Waals surface area contributed by atoms with Crippen molar-refractivity contribution in [3.63, 3.8) is 0 Å². The van der Waals surface area contributed by atoms with Gasteiger partial charge < -0.3 is 14.6 Å². The molecule has 1 unspecified atom stereocenters. The summed E-state index contributed by atoms with van der Waals surface area (Å²) in [6.07, 6.45) is 3.91. The first-order valence-electron chi connectivity index (χ1n) is 4.49. The molecule has 0 bridgehead atoms.